The molecule has 1 unspecified atom stereocenters. The molecular weight excluding hydrogens is 582 g/mol. The van der Waals surface area contributed by atoms with Crippen LogP contribution >= 0.6 is 0 Å². The van der Waals surface area contributed by atoms with Gasteiger partial charge >= 0.3 is 18.6 Å². The van der Waals surface area contributed by atoms with Crippen LogP contribution in [0.25, 0.3) is 0 Å². The molecule has 0 heterocycles. The molecule has 2 aliphatic carbocycles. The molecule has 0 spiro atoms. The van der Waals surface area contributed by atoms with Crippen LogP contribution in [0.1, 0.15) is 88.2 Å². The first-order valence-electron chi connectivity index (χ1n) is 14.1. The molecular formula is C30H32F10O2. The van der Waals surface area contributed by atoms with Crippen LogP contribution in [0.3, 0.4) is 0 Å². The van der Waals surface area contributed by atoms with Crippen molar-refractivity contribution in [2.75, 3.05) is 0 Å². The number of hydrogen-bond acceptors (Lipinski definition) is 2. The monoisotopic (exact) mass is 614 g/mol. The Morgan fingerprint density at radius 1 is 0.738 bits per heavy atom. The summed E-state index contributed by atoms with van der Waals surface area (Å²) in [5.41, 5.74) is -1.58. The predicted octanol–water partition coefficient (Wildman–Crippen LogP) is 10.5. The standard InChI is InChI=1S/C30H32F10O2/c1-2-3-16-4-6-17(7-5-16)18-8-10-19(11-9-18)20-12-22(31)26(23(32)13-20)30(39,40)42-21-14-24(33)27(25(34)15-21)41-28(35)29(36,37)38/h12-19,28H,2-11H2,1H3. The summed E-state index contributed by atoms with van der Waals surface area (Å²) in [6.07, 6.45) is -4.18. The molecule has 4 rings (SSSR count). The van der Waals surface area contributed by atoms with Crippen LogP contribution in [0.15, 0.2) is 24.3 Å². The second-order valence-corrected chi connectivity index (χ2v) is 11.4. The molecule has 2 aliphatic rings. The number of rotatable bonds is 9. The van der Waals surface area contributed by atoms with E-state index in [0.717, 1.165) is 30.9 Å². The van der Waals surface area contributed by atoms with Crippen LogP contribution in [-0.4, -0.2) is 12.5 Å². The highest BCUT2D eigenvalue weighted by molar-refractivity contribution is 5.37. The average Bonchev–Trinajstić information content (AvgIpc) is 2.90. The first kappa shape index (κ1) is 32.3. The van der Waals surface area contributed by atoms with Crippen LogP contribution in [0.5, 0.6) is 11.5 Å². The van der Waals surface area contributed by atoms with Gasteiger partial charge in [-0.2, -0.15) is 26.3 Å². The summed E-state index contributed by atoms with van der Waals surface area (Å²) in [4.78, 5) is 0. The van der Waals surface area contributed by atoms with E-state index >= 15 is 0 Å². The maximum absolute atomic E-state index is 14.9. The number of hydrogen-bond donors (Lipinski definition) is 0. The molecule has 2 fully saturated rings. The number of alkyl halides is 6. The zero-order valence-electron chi connectivity index (χ0n) is 22.9. The molecule has 0 amide bonds. The molecule has 0 bridgehead atoms. The maximum Gasteiger partial charge on any atom is 0.457 e. The van der Waals surface area contributed by atoms with Crippen molar-refractivity contribution >= 4 is 0 Å². The van der Waals surface area contributed by atoms with Crippen molar-refractivity contribution in [3.05, 3.63) is 58.7 Å². The van der Waals surface area contributed by atoms with Crippen LogP contribution < -0.4 is 9.47 Å². The lowest BCUT2D eigenvalue weighted by molar-refractivity contribution is -0.237. The van der Waals surface area contributed by atoms with Crippen molar-refractivity contribution < 1.29 is 53.4 Å². The first-order chi connectivity index (χ1) is 19.7. The molecule has 1 atom stereocenters. The van der Waals surface area contributed by atoms with Crippen LogP contribution in [-0.2, 0) is 6.11 Å². The first-order valence-corrected chi connectivity index (χ1v) is 14.1. The second-order valence-electron chi connectivity index (χ2n) is 11.4. The lowest BCUT2D eigenvalue weighted by atomic mass is 9.68. The highest BCUT2D eigenvalue weighted by Gasteiger charge is 2.44. The number of ether oxygens (including phenoxy) is 2. The van der Waals surface area contributed by atoms with Gasteiger partial charge in [0.2, 0.25) is 0 Å². The molecule has 0 radical (unpaired) electrons. The summed E-state index contributed by atoms with van der Waals surface area (Å²) < 4.78 is 145. The van der Waals surface area contributed by atoms with Gasteiger partial charge in [0.05, 0.1) is 0 Å². The highest BCUT2D eigenvalue weighted by Crippen LogP contribution is 2.46. The van der Waals surface area contributed by atoms with E-state index in [4.69, 9.17) is 0 Å². The van der Waals surface area contributed by atoms with Crippen LogP contribution in [0.4, 0.5) is 43.9 Å². The third-order valence-electron chi connectivity index (χ3n) is 8.55. The van der Waals surface area contributed by atoms with E-state index in [2.05, 4.69) is 16.4 Å². The minimum Gasteiger partial charge on any atom is -0.446 e. The maximum atomic E-state index is 14.9. The summed E-state index contributed by atoms with van der Waals surface area (Å²) in [6, 6.07) is 1.56. The molecule has 2 saturated carbocycles. The number of halogens is 10. The van der Waals surface area contributed by atoms with Crippen LogP contribution in [0, 0.1) is 41.0 Å². The predicted molar refractivity (Wildman–Crippen MR) is 134 cm³/mol. The van der Waals surface area contributed by atoms with Gasteiger partial charge in [-0.25, -0.2) is 17.6 Å². The second kappa shape index (κ2) is 12.9. The summed E-state index contributed by atoms with van der Waals surface area (Å²) in [6.45, 7) is 2.19. The minimum atomic E-state index is -5.62. The van der Waals surface area contributed by atoms with E-state index in [9.17, 15) is 43.9 Å². The van der Waals surface area contributed by atoms with Gasteiger partial charge in [-0.15, -0.1) is 0 Å². The zero-order valence-corrected chi connectivity index (χ0v) is 22.9. The third kappa shape index (κ3) is 7.45. The Balaban J connectivity index is 1.42. The average molecular weight is 615 g/mol. The lowest BCUT2D eigenvalue weighted by Crippen LogP contribution is -2.30. The Kier molecular flexibility index (Phi) is 9.92. The third-order valence-corrected chi connectivity index (χ3v) is 8.55. The van der Waals surface area contributed by atoms with Crippen molar-refractivity contribution in [2.45, 2.75) is 95.7 Å². The van der Waals surface area contributed by atoms with Crippen molar-refractivity contribution in [3.8, 4) is 11.5 Å². The van der Waals surface area contributed by atoms with Gasteiger partial charge in [0.15, 0.2) is 17.4 Å². The zero-order chi connectivity index (χ0) is 30.8. The van der Waals surface area contributed by atoms with E-state index in [1.54, 1.807) is 0 Å². The molecule has 2 aromatic carbocycles. The van der Waals surface area contributed by atoms with E-state index in [0.29, 0.717) is 24.7 Å². The fraction of sp³-hybridized carbons (Fsp3) is 0.600. The topological polar surface area (TPSA) is 18.5 Å². The highest BCUT2D eigenvalue weighted by atomic mass is 19.4. The minimum absolute atomic E-state index is 0.0195. The van der Waals surface area contributed by atoms with Crippen molar-refractivity contribution in [3.63, 3.8) is 0 Å². The van der Waals surface area contributed by atoms with Crippen molar-refractivity contribution in [2.24, 2.45) is 17.8 Å². The Morgan fingerprint density at radius 2 is 1.24 bits per heavy atom. The normalized spacial score (nSPS) is 24.4. The van der Waals surface area contributed by atoms with Gasteiger partial charge in [-0.3, -0.25) is 0 Å². The molecule has 12 heteroatoms. The molecule has 0 N–H and O–H groups in total. The Labute approximate surface area is 237 Å². The molecule has 234 valence electrons. The van der Waals surface area contributed by atoms with Crippen molar-refractivity contribution in [1.29, 1.82) is 0 Å². The van der Waals surface area contributed by atoms with E-state index in [1.807, 2.05) is 0 Å². The quantitative estimate of drug-likeness (QED) is 0.262. The Morgan fingerprint density at radius 3 is 1.71 bits per heavy atom. The lowest BCUT2D eigenvalue weighted by Gasteiger charge is -2.38. The van der Waals surface area contributed by atoms with E-state index in [-0.39, 0.29) is 23.6 Å². The molecule has 2 nitrogen and oxygen atoms in total. The molecule has 42 heavy (non-hydrogen) atoms. The summed E-state index contributed by atoms with van der Waals surface area (Å²) in [7, 11) is 0. The Bertz CT molecular complexity index is 1170. The van der Waals surface area contributed by atoms with Gasteiger partial charge in [0.1, 0.15) is 22.9 Å². The van der Waals surface area contributed by atoms with Crippen LogP contribution in [0.2, 0.25) is 0 Å². The van der Waals surface area contributed by atoms with Gasteiger partial charge < -0.3 is 9.47 Å². The summed E-state index contributed by atoms with van der Waals surface area (Å²) in [5, 5.41) is 0. The van der Waals surface area contributed by atoms with Gasteiger partial charge in [-0.05, 0) is 79.9 Å². The van der Waals surface area contributed by atoms with Crippen molar-refractivity contribution in [1.82, 2.24) is 0 Å². The molecule has 0 saturated heterocycles. The molecule has 2 aromatic rings. The Hall–Kier alpha value is -2.66. The van der Waals surface area contributed by atoms with Gasteiger partial charge in [0.25, 0.3) is 0 Å². The fourth-order valence-corrected chi connectivity index (χ4v) is 6.46. The van der Waals surface area contributed by atoms with Gasteiger partial charge in [0, 0.05) is 12.1 Å². The fourth-order valence-electron chi connectivity index (χ4n) is 6.46. The molecule has 0 aliphatic heterocycles. The van der Waals surface area contributed by atoms with Gasteiger partial charge in [-0.1, -0.05) is 32.6 Å². The molecule has 0 aromatic heterocycles. The smallest absolute Gasteiger partial charge is 0.446 e. The number of benzene rings is 2. The largest absolute Gasteiger partial charge is 0.457 e. The SMILES string of the molecule is CCCC1CCC(C2CCC(c3cc(F)c(C(F)(F)Oc4cc(F)c(OC(F)C(F)(F)F)c(F)c4)c(F)c3)CC2)CC1. The summed E-state index contributed by atoms with van der Waals surface area (Å²) in [5.74, 6) is -8.71. The summed E-state index contributed by atoms with van der Waals surface area (Å²) >= 11 is 0. The van der Waals surface area contributed by atoms with E-state index in [1.165, 1.54) is 38.5 Å². The van der Waals surface area contributed by atoms with E-state index < -0.39 is 59.0 Å².